The molecule has 0 saturated carbocycles. The highest BCUT2D eigenvalue weighted by Crippen LogP contribution is 2.21. The zero-order chi connectivity index (χ0) is 16.9. The van der Waals surface area contributed by atoms with Crippen molar-refractivity contribution >= 4 is 17.8 Å². The maximum absolute atomic E-state index is 12.2. The summed E-state index contributed by atoms with van der Waals surface area (Å²) in [6.07, 6.45) is 1.37. The summed E-state index contributed by atoms with van der Waals surface area (Å²) in [5.41, 5.74) is 5.79. The number of hydrogen-bond acceptors (Lipinski definition) is 5. The van der Waals surface area contributed by atoms with Gasteiger partial charge in [0.15, 0.2) is 0 Å². The van der Waals surface area contributed by atoms with Crippen LogP contribution in [0.15, 0.2) is 0 Å². The summed E-state index contributed by atoms with van der Waals surface area (Å²) in [7, 11) is 1.26. The normalized spacial score (nSPS) is 21.0. The summed E-state index contributed by atoms with van der Waals surface area (Å²) >= 11 is 0. The van der Waals surface area contributed by atoms with Crippen LogP contribution < -0.4 is 16.4 Å². The average molecular weight is 313 g/mol. The molecule has 1 heterocycles. The predicted octanol–water partition coefficient (Wildman–Crippen LogP) is -0.0661. The molecule has 1 saturated heterocycles. The molecule has 0 aromatic heterocycles. The third-order valence-corrected chi connectivity index (χ3v) is 3.65. The molecule has 2 amide bonds. The molecule has 0 unspecified atom stereocenters. The smallest absolute Gasteiger partial charge is 0.328 e. The van der Waals surface area contributed by atoms with E-state index in [1.54, 1.807) is 0 Å². The van der Waals surface area contributed by atoms with Gasteiger partial charge in [0.2, 0.25) is 11.8 Å². The Morgan fingerprint density at radius 3 is 2.55 bits per heavy atom. The van der Waals surface area contributed by atoms with Crippen LogP contribution in [0.4, 0.5) is 0 Å². The number of carbonyl (C=O) groups excluding carboxylic acids is 3. The average Bonchev–Trinajstić information content (AvgIpc) is 2.80. The number of carbonyl (C=O) groups is 3. The van der Waals surface area contributed by atoms with Crippen LogP contribution in [0.2, 0.25) is 0 Å². The molecule has 7 heteroatoms. The van der Waals surface area contributed by atoms with E-state index in [1.807, 2.05) is 20.8 Å². The van der Waals surface area contributed by atoms with E-state index in [0.29, 0.717) is 19.4 Å². The monoisotopic (exact) mass is 313 g/mol. The van der Waals surface area contributed by atoms with E-state index in [1.165, 1.54) is 7.11 Å². The minimum Gasteiger partial charge on any atom is -0.467 e. The third kappa shape index (κ3) is 5.63. The van der Waals surface area contributed by atoms with E-state index in [2.05, 4.69) is 10.6 Å². The highest BCUT2D eigenvalue weighted by atomic mass is 16.5. The molecule has 7 nitrogen and oxygen atoms in total. The lowest BCUT2D eigenvalue weighted by atomic mass is 9.88. The summed E-state index contributed by atoms with van der Waals surface area (Å²) in [5.74, 6) is -1.34. The van der Waals surface area contributed by atoms with Crippen molar-refractivity contribution in [2.75, 3.05) is 13.7 Å². The standard InChI is InChI=1S/C15H27N3O4/c1-15(2,3)8-10(16)13(20)18-11(14(21)22-4)7-9-5-6-17-12(9)19/h9-11H,5-8,16H2,1-4H3,(H,17,19)(H,18,20)/t9-,10-,11-/m0/s1. The van der Waals surface area contributed by atoms with Crippen LogP contribution >= 0.6 is 0 Å². The number of esters is 1. The second-order valence-corrected chi connectivity index (χ2v) is 6.97. The first-order valence-corrected chi connectivity index (χ1v) is 7.55. The minimum atomic E-state index is -0.850. The molecule has 1 rings (SSSR count). The van der Waals surface area contributed by atoms with Crippen LogP contribution in [-0.4, -0.2) is 43.5 Å². The largest absolute Gasteiger partial charge is 0.467 e. The van der Waals surface area contributed by atoms with Crippen LogP contribution in [0.5, 0.6) is 0 Å². The first-order chi connectivity index (χ1) is 10.1. The molecule has 0 aliphatic carbocycles. The van der Waals surface area contributed by atoms with E-state index >= 15 is 0 Å². The van der Waals surface area contributed by atoms with Gasteiger partial charge in [0.1, 0.15) is 6.04 Å². The molecule has 0 radical (unpaired) electrons. The van der Waals surface area contributed by atoms with Gasteiger partial charge in [-0.05, 0) is 24.7 Å². The molecule has 22 heavy (non-hydrogen) atoms. The second-order valence-electron chi connectivity index (χ2n) is 6.97. The van der Waals surface area contributed by atoms with Crippen LogP contribution in [-0.2, 0) is 19.1 Å². The molecule has 0 bridgehead atoms. The van der Waals surface area contributed by atoms with Crippen LogP contribution in [0.25, 0.3) is 0 Å². The van der Waals surface area contributed by atoms with Gasteiger partial charge in [-0.1, -0.05) is 20.8 Å². The highest BCUT2D eigenvalue weighted by molar-refractivity contribution is 5.88. The van der Waals surface area contributed by atoms with Crippen LogP contribution in [0.3, 0.4) is 0 Å². The topological polar surface area (TPSA) is 111 Å². The van der Waals surface area contributed by atoms with Gasteiger partial charge in [-0.3, -0.25) is 9.59 Å². The van der Waals surface area contributed by atoms with E-state index in [4.69, 9.17) is 10.5 Å². The van der Waals surface area contributed by atoms with Crippen molar-refractivity contribution in [1.82, 2.24) is 10.6 Å². The quantitative estimate of drug-likeness (QED) is 0.595. The van der Waals surface area contributed by atoms with Crippen molar-refractivity contribution < 1.29 is 19.1 Å². The Balaban J connectivity index is 2.66. The third-order valence-electron chi connectivity index (χ3n) is 3.65. The minimum absolute atomic E-state index is 0.0944. The Kier molecular flexibility index (Phi) is 6.34. The number of hydrogen-bond donors (Lipinski definition) is 3. The van der Waals surface area contributed by atoms with Gasteiger partial charge in [0.25, 0.3) is 0 Å². The molecule has 0 spiro atoms. The Morgan fingerprint density at radius 2 is 2.09 bits per heavy atom. The summed E-state index contributed by atoms with van der Waals surface area (Å²) in [6.45, 7) is 6.55. The number of nitrogens with two attached hydrogens (primary N) is 1. The molecule has 0 aromatic carbocycles. The highest BCUT2D eigenvalue weighted by Gasteiger charge is 2.33. The second kappa shape index (κ2) is 7.58. The Morgan fingerprint density at radius 1 is 1.45 bits per heavy atom. The molecule has 3 atom stereocenters. The number of methoxy groups -OCH3 is 1. The molecular formula is C15H27N3O4. The predicted molar refractivity (Wildman–Crippen MR) is 81.7 cm³/mol. The summed E-state index contributed by atoms with van der Waals surface area (Å²) < 4.78 is 4.71. The fraction of sp³-hybridized carbons (Fsp3) is 0.800. The number of amides is 2. The van der Waals surface area contributed by atoms with Gasteiger partial charge in [-0.25, -0.2) is 4.79 Å². The first-order valence-electron chi connectivity index (χ1n) is 7.55. The molecule has 1 fully saturated rings. The van der Waals surface area contributed by atoms with Crippen molar-refractivity contribution in [2.24, 2.45) is 17.1 Å². The van der Waals surface area contributed by atoms with Crippen molar-refractivity contribution in [3.63, 3.8) is 0 Å². The molecule has 4 N–H and O–H groups in total. The Hall–Kier alpha value is -1.63. The van der Waals surface area contributed by atoms with E-state index in [9.17, 15) is 14.4 Å². The van der Waals surface area contributed by atoms with Crippen molar-refractivity contribution in [2.45, 2.75) is 52.1 Å². The fourth-order valence-electron chi connectivity index (χ4n) is 2.54. The molecular weight excluding hydrogens is 286 g/mol. The number of rotatable bonds is 6. The maximum Gasteiger partial charge on any atom is 0.328 e. The van der Waals surface area contributed by atoms with Gasteiger partial charge in [0.05, 0.1) is 13.2 Å². The lowest BCUT2D eigenvalue weighted by molar-refractivity contribution is -0.146. The Labute approximate surface area is 131 Å². The van der Waals surface area contributed by atoms with Crippen molar-refractivity contribution in [3.8, 4) is 0 Å². The van der Waals surface area contributed by atoms with Gasteiger partial charge in [0, 0.05) is 12.5 Å². The van der Waals surface area contributed by atoms with Gasteiger partial charge in [-0.2, -0.15) is 0 Å². The summed E-state index contributed by atoms with van der Waals surface area (Å²) in [6, 6.07) is -1.55. The summed E-state index contributed by atoms with van der Waals surface area (Å²) in [5, 5.41) is 5.33. The zero-order valence-electron chi connectivity index (χ0n) is 13.8. The molecule has 126 valence electrons. The Bertz CT molecular complexity index is 431. The SMILES string of the molecule is COC(=O)[C@H](C[C@@H]1CCNC1=O)NC(=O)[C@@H](N)CC(C)(C)C. The van der Waals surface area contributed by atoms with Crippen LogP contribution in [0.1, 0.15) is 40.0 Å². The number of nitrogens with one attached hydrogen (secondary N) is 2. The lowest BCUT2D eigenvalue weighted by Crippen LogP contribution is -2.50. The van der Waals surface area contributed by atoms with Crippen molar-refractivity contribution in [3.05, 3.63) is 0 Å². The lowest BCUT2D eigenvalue weighted by Gasteiger charge is -2.25. The maximum atomic E-state index is 12.2. The van der Waals surface area contributed by atoms with E-state index in [-0.39, 0.29) is 23.7 Å². The molecule has 0 aromatic rings. The van der Waals surface area contributed by atoms with E-state index < -0.39 is 24.0 Å². The van der Waals surface area contributed by atoms with Crippen LogP contribution in [0, 0.1) is 11.3 Å². The molecule has 1 aliphatic rings. The van der Waals surface area contributed by atoms with Gasteiger partial charge >= 0.3 is 5.97 Å². The van der Waals surface area contributed by atoms with E-state index in [0.717, 1.165) is 0 Å². The number of ether oxygens (including phenoxy) is 1. The summed E-state index contributed by atoms with van der Waals surface area (Å²) in [4.78, 5) is 35.6. The first kappa shape index (κ1) is 18.4. The fourth-order valence-corrected chi connectivity index (χ4v) is 2.54. The van der Waals surface area contributed by atoms with Gasteiger partial charge in [-0.15, -0.1) is 0 Å². The zero-order valence-corrected chi connectivity index (χ0v) is 13.8. The van der Waals surface area contributed by atoms with Crippen molar-refractivity contribution in [1.29, 1.82) is 0 Å². The molecule has 1 aliphatic heterocycles. The van der Waals surface area contributed by atoms with Gasteiger partial charge < -0.3 is 21.1 Å².